The van der Waals surface area contributed by atoms with Crippen LogP contribution in [0.3, 0.4) is 0 Å². The van der Waals surface area contributed by atoms with Crippen LogP contribution in [0.25, 0.3) is 0 Å². The van der Waals surface area contributed by atoms with Gasteiger partial charge in [0.2, 0.25) is 5.91 Å². The standard InChI is InChI=1S/C12H16N4O2S/c13-10(17)3-1-2-6-15-12(18)9-5-4-8(7-16-9)11(14)19/h4-5,7H,1-3,6H2,(H2,13,17)(H2,14,19)(H,15,18). The number of aromatic nitrogens is 1. The monoisotopic (exact) mass is 280 g/mol. The van der Waals surface area contributed by atoms with Gasteiger partial charge in [-0.25, -0.2) is 0 Å². The minimum absolute atomic E-state index is 0.242. The number of hydrogen-bond acceptors (Lipinski definition) is 4. The van der Waals surface area contributed by atoms with Gasteiger partial charge in [-0.3, -0.25) is 14.6 Å². The van der Waals surface area contributed by atoms with Crippen molar-refractivity contribution in [2.45, 2.75) is 19.3 Å². The van der Waals surface area contributed by atoms with Crippen LogP contribution in [0.5, 0.6) is 0 Å². The number of carbonyl (C=O) groups excluding carboxylic acids is 2. The molecule has 0 bridgehead atoms. The molecule has 0 saturated heterocycles. The van der Waals surface area contributed by atoms with Crippen LogP contribution in [0.1, 0.15) is 35.3 Å². The average Bonchev–Trinajstić information content (AvgIpc) is 2.37. The predicted molar refractivity (Wildman–Crippen MR) is 75.5 cm³/mol. The molecule has 0 radical (unpaired) electrons. The van der Waals surface area contributed by atoms with Crippen molar-refractivity contribution in [2.75, 3.05) is 6.54 Å². The van der Waals surface area contributed by atoms with E-state index >= 15 is 0 Å². The van der Waals surface area contributed by atoms with E-state index in [2.05, 4.69) is 10.3 Å². The van der Waals surface area contributed by atoms with Gasteiger partial charge in [0.15, 0.2) is 0 Å². The van der Waals surface area contributed by atoms with Crippen LogP contribution in [0.4, 0.5) is 0 Å². The number of thiocarbonyl (C=S) groups is 1. The lowest BCUT2D eigenvalue weighted by Crippen LogP contribution is -2.25. The summed E-state index contributed by atoms with van der Waals surface area (Å²) in [6, 6.07) is 3.21. The minimum atomic E-state index is -0.332. The van der Waals surface area contributed by atoms with Crippen molar-refractivity contribution in [3.63, 3.8) is 0 Å². The van der Waals surface area contributed by atoms with E-state index in [4.69, 9.17) is 23.7 Å². The summed E-state index contributed by atoms with van der Waals surface area (Å²) in [6.07, 6.45) is 3.14. The SMILES string of the molecule is NC(=O)CCCCNC(=O)c1ccc(C(N)=S)cn1. The number of hydrogen-bond donors (Lipinski definition) is 3. The Kier molecular flexibility index (Phi) is 5.87. The number of unbranched alkanes of at least 4 members (excludes halogenated alkanes) is 1. The molecule has 0 unspecified atom stereocenters. The second-order valence-corrected chi connectivity index (χ2v) is 4.42. The zero-order chi connectivity index (χ0) is 14.3. The summed E-state index contributed by atoms with van der Waals surface area (Å²) in [6.45, 7) is 0.477. The summed E-state index contributed by atoms with van der Waals surface area (Å²) < 4.78 is 0. The number of nitrogens with one attached hydrogen (secondary N) is 1. The maximum absolute atomic E-state index is 11.7. The van der Waals surface area contributed by atoms with Crippen LogP contribution in [-0.2, 0) is 4.79 Å². The Balaban J connectivity index is 2.37. The fourth-order valence-electron chi connectivity index (χ4n) is 1.39. The van der Waals surface area contributed by atoms with E-state index in [9.17, 15) is 9.59 Å². The molecule has 102 valence electrons. The third-order valence-electron chi connectivity index (χ3n) is 2.42. The molecule has 7 heteroatoms. The smallest absolute Gasteiger partial charge is 0.269 e. The summed E-state index contributed by atoms with van der Waals surface area (Å²) in [5.74, 6) is -0.602. The molecule has 0 aliphatic carbocycles. The van der Waals surface area contributed by atoms with Gasteiger partial charge in [0.1, 0.15) is 10.7 Å². The molecule has 0 atom stereocenters. The summed E-state index contributed by atoms with van der Waals surface area (Å²) in [5, 5.41) is 2.70. The molecule has 0 aromatic carbocycles. The zero-order valence-electron chi connectivity index (χ0n) is 10.4. The zero-order valence-corrected chi connectivity index (χ0v) is 11.2. The molecule has 1 aromatic heterocycles. The van der Waals surface area contributed by atoms with Crippen LogP contribution >= 0.6 is 12.2 Å². The summed E-state index contributed by atoms with van der Waals surface area (Å²) in [5.41, 5.74) is 11.4. The Morgan fingerprint density at radius 2 is 2.00 bits per heavy atom. The third-order valence-corrected chi connectivity index (χ3v) is 2.65. The van der Waals surface area contributed by atoms with Crippen molar-refractivity contribution in [3.05, 3.63) is 29.6 Å². The van der Waals surface area contributed by atoms with Crippen molar-refractivity contribution in [2.24, 2.45) is 11.5 Å². The molecule has 0 aliphatic rings. The van der Waals surface area contributed by atoms with Crippen molar-refractivity contribution < 1.29 is 9.59 Å². The van der Waals surface area contributed by atoms with E-state index < -0.39 is 0 Å². The Bertz CT molecular complexity index is 473. The van der Waals surface area contributed by atoms with Crippen molar-refractivity contribution in [1.82, 2.24) is 10.3 Å². The number of nitrogens with zero attached hydrogens (tertiary/aromatic N) is 1. The van der Waals surface area contributed by atoms with Gasteiger partial charge < -0.3 is 16.8 Å². The van der Waals surface area contributed by atoms with Crippen LogP contribution < -0.4 is 16.8 Å². The highest BCUT2D eigenvalue weighted by Gasteiger charge is 2.07. The second-order valence-electron chi connectivity index (χ2n) is 3.98. The van der Waals surface area contributed by atoms with Gasteiger partial charge in [0, 0.05) is 24.7 Å². The summed E-state index contributed by atoms with van der Waals surface area (Å²) in [4.78, 5) is 26.4. The Labute approximate surface area is 116 Å². The Morgan fingerprint density at radius 3 is 2.53 bits per heavy atom. The van der Waals surface area contributed by atoms with Gasteiger partial charge in [-0.15, -0.1) is 0 Å². The molecule has 0 saturated carbocycles. The normalized spacial score (nSPS) is 9.89. The molecule has 0 aliphatic heterocycles. The molecule has 1 rings (SSSR count). The summed E-state index contributed by atoms with van der Waals surface area (Å²) >= 11 is 4.79. The van der Waals surface area contributed by atoms with Crippen molar-refractivity contribution in [3.8, 4) is 0 Å². The van der Waals surface area contributed by atoms with Gasteiger partial charge in [-0.2, -0.15) is 0 Å². The van der Waals surface area contributed by atoms with Gasteiger partial charge in [0.25, 0.3) is 5.91 Å². The Morgan fingerprint density at radius 1 is 1.26 bits per heavy atom. The van der Waals surface area contributed by atoms with E-state index in [-0.39, 0.29) is 16.8 Å². The number of rotatable bonds is 7. The minimum Gasteiger partial charge on any atom is -0.389 e. The predicted octanol–water partition coefficient (Wildman–Crippen LogP) is 0.101. The second kappa shape index (κ2) is 7.42. The first-order valence-electron chi connectivity index (χ1n) is 5.83. The molecular weight excluding hydrogens is 264 g/mol. The first kappa shape index (κ1) is 15.0. The van der Waals surface area contributed by atoms with Gasteiger partial charge >= 0.3 is 0 Å². The molecule has 0 spiro atoms. The van der Waals surface area contributed by atoms with Crippen LogP contribution in [0.2, 0.25) is 0 Å². The average molecular weight is 280 g/mol. The lowest BCUT2D eigenvalue weighted by atomic mass is 10.2. The molecule has 1 heterocycles. The number of nitrogens with two attached hydrogens (primary N) is 2. The summed E-state index contributed by atoms with van der Waals surface area (Å²) in [7, 11) is 0. The number of carbonyl (C=O) groups is 2. The molecule has 5 N–H and O–H groups in total. The van der Waals surface area contributed by atoms with E-state index in [1.807, 2.05) is 0 Å². The molecular formula is C12H16N4O2S. The Hall–Kier alpha value is -2.02. The van der Waals surface area contributed by atoms with Crippen molar-refractivity contribution >= 4 is 29.0 Å². The van der Waals surface area contributed by atoms with E-state index in [0.29, 0.717) is 37.1 Å². The maximum Gasteiger partial charge on any atom is 0.269 e. The molecule has 6 nitrogen and oxygen atoms in total. The molecule has 0 fully saturated rings. The molecule has 1 aromatic rings. The number of amides is 2. The van der Waals surface area contributed by atoms with E-state index in [0.717, 1.165) is 0 Å². The third kappa shape index (κ3) is 5.43. The van der Waals surface area contributed by atoms with Gasteiger partial charge in [-0.05, 0) is 25.0 Å². The van der Waals surface area contributed by atoms with Crippen molar-refractivity contribution in [1.29, 1.82) is 0 Å². The number of primary amides is 1. The highest BCUT2D eigenvalue weighted by Crippen LogP contribution is 2.00. The van der Waals surface area contributed by atoms with Crippen LogP contribution in [0, 0.1) is 0 Å². The maximum atomic E-state index is 11.7. The fourth-order valence-corrected chi connectivity index (χ4v) is 1.51. The van der Waals surface area contributed by atoms with E-state index in [1.165, 1.54) is 6.20 Å². The highest BCUT2D eigenvalue weighted by molar-refractivity contribution is 7.80. The van der Waals surface area contributed by atoms with E-state index in [1.54, 1.807) is 12.1 Å². The van der Waals surface area contributed by atoms with Crippen LogP contribution in [-0.4, -0.2) is 28.3 Å². The fraction of sp³-hybridized carbons (Fsp3) is 0.333. The quantitative estimate of drug-likeness (QED) is 0.484. The first-order chi connectivity index (χ1) is 9.00. The van der Waals surface area contributed by atoms with Gasteiger partial charge in [0.05, 0.1) is 0 Å². The lowest BCUT2D eigenvalue weighted by Gasteiger charge is -2.04. The largest absolute Gasteiger partial charge is 0.389 e. The van der Waals surface area contributed by atoms with Gasteiger partial charge in [-0.1, -0.05) is 12.2 Å². The first-order valence-corrected chi connectivity index (χ1v) is 6.24. The number of pyridine rings is 1. The molecule has 2 amide bonds. The topological polar surface area (TPSA) is 111 Å². The lowest BCUT2D eigenvalue weighted by molar-refractivity contribution is -0.118. The highest BCUT2D eigenvalue weighted by atomic mass is 32.1. The molecule has 19 heavy (non-hydrogen) atoms. The van der Waals surface area contributed by atoms with Crippen LogP contribution in [0.15, 0.2) is 18.3 Å².